The molecule has 1 heterocycles. The van der Waals surface area contributed by atoms with Crippen LogP contribution in [-0.4, -0.2) is 26.2 Å². The van der Waals surface area contributed by atoms with Gasteiger partial charge in [0.15, 0.2) is 0 Å². The van der Waals surface area contributed by atoms with Crippen molar-refractivity contribution in [2.45, 2.75) is 0 Å². The Bertz CT molecular complexity index is 25.2. The van der Waals surface area contributed by atoms with E-state index in [4.69, 9.17) is 0 Å². The molecule has 0 spiro atoms. The number of hydrogen-bond donors (Lipinski definition) is 1. The number of nitrogens with one attached hydrogen (secondary N) is 1. The maximum Gasteiger partial charge on any atom is 0 e. The molecule has 43 valence electrons. The van der Waals surface area contributed by atoms with E-state index in [-0.39, 0.29) is 20.4 Å². The molecule has 1 aliphatic rings. The molecule has 0 amide bonds. The quantitative estimate of drug-likeness (QED) is 0.657. The summed E-state index contributed by atoms with van der Waals surface area (Å²) < 4.78 is 0. The SMILES string of the molecule is C1CNCC[N-]1.[Re]. The summed E-state index contributed by atoms with van der Waals surface area (Å²) >= 11 is 0. The van der Waals surface area contributed by atoms with Gasteiger partial charge in [0.1, 0.15) is 0 Å². The van der Waals surface area contributed by atoms with Gasteiger partial charge in [-0.15, -0.1) is 13.1 Å². The van der Waals surface area contributed by atoms with Crippen molar-refractivity contribution < 1.29 is 20.4 Å². The van der Waals surface area contributed by atoms with Crippen molar-refractivity contribution in [1.82, 2.24) is 5.32 Å². The monoisotopic (exact) mass is 272 g/mol. The molecule has 1 radical (unpaired) electrons. The Kier molecular flexibility index (Phi) is 5.13. The molecule has 1 aliphatic heterocycles. The van der Waals surface area contributed by atoms with Crippen molar-refractivity contribution in [2.24, 2.45) is 0 Å². The molecule has 1 saturated heterocycles. The molecular formula is C4H9N2Re-. The van der Waals surface area contributed by atoms with Crippen LogP contribution in [0.4, 0.5) is 0 Å². The van der Waals surface area contributed by atoms with E-state index in [9.17, 15) is 0 Å². The molecule has 0 bridgehead atoms. The van der Waals surface area contributed by atoms with Crippen LogP contribution in [0.2, 0.25) is 0 Å². The molecule has 3 heteroatoms. The van der Waals surface area contributed by atoms with Gasteiger partial charge in [-0.2, -0.15) is 0 Å². The van der Waals surface area contributed by atoms with E-state index >= 15 is 0 Å². The van der Waals surface area contributed by atoms with E-state index < -0.39 is 0 Å². The fourth-order valence-electron chi connectivity index (χ4n) is 0.553. The molecule has 2 nitrogen and oxygen atoms in total. The molecule has 1 rings (SSSR count). The van der Waals surface area contributed by atoms with Gasteiger partial charge < -0.3 is 10.6 Å². The zero-order valence-electron chi connectivity index (χ0n) is 4.15. The molecule has 0 aromatic heterocycles. The van der Waals surface area contributed by atoms with Gasteiger partial charge in [-0.3, -0.25) is 0 Å². The third-order valence-electron chi connectivity index (χ3n) is 0.893. The summed E-state index contributed by atoms with van der Waals surface area (Å²) in [6, 6.07) is 0. The van der Waals surface area contributed by atoms with Gasteiger partial charge in [0.25, 0.3) is 0 Å². The van der Waals surface area contributed by atoms with Crippen molar-refractivity contribution in [2.75, 3.05) is 26.2 Å². The summed E-state index contributed by atoms with van der Waals surface area (Å²) in [6.07, 6.45) is 0. The topological polar surface area (TPSA) is 26.1 Å². The summed E-state index contributed by atoms with van der Waals surface area (Å²) in [5, 5.41) is 7.31. The predicted octanol–water partition coefficient (Wildman–Crippen LogP) is -0.0392. The van der Waals surface area contributed by atoms with Crippen molar-refractivity contribution in [3.05, 3.63) is 5.32 Å². The van der Waals surface area contributed by atoms with Crippen molar-refractivity contribution in [1.29, 1.82) is 0 Å². The molecule has 0 aliphatic carbocycles. The van der Waals surface area contributed by atoms with E-state index in [0.717, 1.165) is 26.2 Å². The van der Waals surface area contributed by atoms with Gasteiger partial charge in [-0.25, -0.2) is 0 Å². The Balaban J connectivity index is 0.000000360. The second-order valence-electron chi connectivity index (χ2n) is 1.42. The van der Waals surface area contributed by atoms with E-state index in [2.05, 4.69) is 10.6 Å². The Labute approximate surface area is 57.7 Å². The maximum absolute atomic E-state index is 4.11. The van der Waals surface area contributed by atoms with Gasteiger partial charge in [0.2, 0.25) is 0 Å². The van der Waals surface area contributed by atoms with Crippen LogP contribution in [0.1, 0.15) is 0 Å². The largest absolute Gasteiger partial charge is 0.660 e. The van der Waals surface area contributed by atoms with Crippen LogP contribution in [0.5, 0.6) is 0 Å². The third kappa shape index (κ3) is 3.19. The van der Waals surface area contributed by atoms with E-state index in [1.807, 2.05) is 0 Å². The summed E-state index contributed by atoms with van der Waals surface area (Å²) in [4.78, 5) is 0. The average molecular weight is 271 g/mol. The van der Waals surface area contributed by atoms with E-state index in [1.54, 1.807) is 0 Å². The molecule has 7 heavy (non-hydrogen) atoms. The fraction of sp³-hybridized carbons (Fsp3) is 1.00. The first-order valence-electron chi connectivity index (χ1n) is 2.34. The minimum Gasteiger partial charge on any atom is -0.660 e. The van der Waals surface area contributed by atoms with Crippen LogP contribution in [0.15, 0.2) is 0 Å². The van der Waals surface area contributed by atoms with Gasteiger partial charge in [0.05, 0.1) is 0 Å². The molecule has 0 saturated carbocycles. The third-order valence-corrected chi connectivity index (χ3v) is 0.893. The fourth-order valence-corrected chi connectivity index (χ4v) is 0.553. The minimum atomic E-state index is 0. The molecule has 1 N–H and O–H groups in total. The van der Waals surface area contributed by atoms with E-state index in [0.29, 0.717) is 0 Å². The van der Waals surface area contributed by atoms with Gasteiger partial charge in [0, 0.05) is 20.4 Å². The van der Waals surface area contributed by atoms with Gasteiger partial charge in [-0.1, -0.05) is 0 Å². The molecule has 0 aromatic carbocycles. The van der Waals surface area contributed by atoms with Crippen molar-refractivity contribution >= 4 is 0 Å². The first-order valence-corrected chi connectivity index (χ1v) is 2.34. The Morgan fingerprint density at radius 1 is 1.14 bits per heavy atom. The van der Waals surface area contributed by atoms with Crippen LogP contribution in [0.25, 0.3) is 5.32 Å². The zero-order chi connectivity index (χ0) is 4.24. The van der Waals surface area contributed by atoms with Crippen LogP contribution < -0.4 is 5.32 Å². The van der Waals surface area contributed by atoms with E-state index in [1.165, 1.54) is 0 Å². The molecule has 0 atom stereocenters. The molecule has 1 fully saturated rings. The summed E-state index contributed by atoms with van der Waals surface area (Å²) in [5.41, 5.74) is 0. The number of piperazine rings is 1. The number of nitrogens with zero attached hydrogens (tertiary/aromatic N) is 1. The second-order valence-corrected chi connectivity index (χ2v) is 1.42. The maximum atomic E-state index is 4.11. The molecular weight excluding hydrogens is 262 g/mol. The average Bonchev–Trinajstić information content (AvgIpc) is 1.72. The Morgan fingerprint density at radius 2 is 1.71 bits per heavy atom. The van der Waals surface area contributed by atoms with Crippen molar-refractivity contribution in [3.63, 3.8) is 0 Å². The smallest absolute Gasteiger partial charge is 0 e. The Hall–Kier alpha value is 0.582. The molecule has 0 unspecified atom stereocenters. The van der Waals surface area contributed by atoms with Gasteiger partial charge >= 0.3 is 0 Å². The number of rotatable bonds is 0. The zero-order valence-corrected chi connectivity index (χ0v) is 6.87. The standard InChI is InChI=1S/C4H9N2.Re/c1-2-6-4-3-5-1;/h5H,1-4H2;/q-1;. The summed E-state index contributed by atoms with van der Waals surface area (Å²) in [6.45, 7) is 4.19. The normalized spacial score (nSPS) is 20.6. The van der Waals surface area contributed by atoms with Crippen molar-refractivity contribution in [3.8, 4) is 0 Å². The number of hydrogen-bond acceptors (Lipinski definition) is 1. The second kappa shape index (κ2) is 4.73. The summed E-state index contributed by atoms with van der Waals surface area (Å²) in [7, 11) is 0. The Morgan fingerprint density at radius 3 is 1.86 bits per heavy atom. The minimum absolute atomic E-state index is 0. The first kappa shape index (κ1) is 7.58. The molecule has 0 aromatic rings. The predicted molar refractivity (Wildman–Crippen MR) is 26.0 cm³/mol. The van der Waals surface area contributed by atoms with Crippen LogP contribution in [0, 0.1) is 0 Å². The van der Waals surface area contributed by atoms with Crippen LogP contribution >= 0.6 is 0 Å². The van der Waals surface area contributed by atoms with Crippen LogP contribution in [-0.2, 0) is 20.4 Å². The van der Waals surface area contributed by atoms with Gasteiger partial charge in [-0.05, 0) is 13.1 Å². The first-order chi connectivity index (χ1) is 3.00. The summed E-state index contributed by atoms with van der Waals surface area (Å²) in [5.74, 6) is 0. The van der Waals surface area contributed by atoms with Crippen LogP contribution in [0.3, 0.4) is 0 Å².